The van der Waals surface area contributed by atoms with Gasteiger partial charge in [0.05, 0.1) is 6.10 Å². The Hall–Kier alpha value is -0.0800. The summed E-state index contributed by atoms with van der Waals surface area (Å²) in [6, 6.07) is 0. The van der Waals surface area contributed by atoms with Crippen LogP contribution in [0.4, 0.5) is 0 Å². The van der Waals surface area contributed by atoms with Crippen LogP contribution in [-0.2, 0) is 0 Å². The van der Waals surface area contributed by atoms with Crippen LogP contribution in [0.2, 0.25) is 0 Å². The Kier molecular flexibility index (Phi) is 5.03. The lowest BCUT2D eigenvalue weighted by atomic mass is 9.59. The van der Waals surface area contributed by atoms with Crippen molar-refractivity contribution in [3.63, 3.8) is 0 Å². The zero-order chi connectivity index (χ0) is 13.1. The number of aliphatic hydroxyl groups is 1. The number of hydrogen-bond acceptors (Lipinski definition) is 2. The summed E-state index contributed by atoms with van der Waals surface area (Å²) >= 11 is 0. The summed E-state index contributed by atoms with van der Waals surface area (Å²) in [4.78, 5) is 0. The van der Waals surface area contributed by atoms with Gasteiger partial charge >= 0.3 is 0 Å². The third-order valence-corrected chi connectivity index (χ3v) is 4.68. The van der Waals surface area contributed by atoms with E-state index in [0.717, 1.165) is 25.2 Å². The summed E-state index contributed by atoms with van der Waals surface area (Å²) in [7, 11) is 0. The van der Waals surface area contributed by atoms with Crippen molar-refractivity contribution < 1.29 is 5.11 Å². The SMILES string of the molecule is CC(C)CCCC1(CN)CCCC(C)(C)C1O. The molecule has 2 nitrogen and oxygen atoms in total. The van der Waals surface area contributed by atoms with Gasteiger partial charge in [0.1, 0.15) is 0 Å². The predicted octanol–water partition coefficient (Wildman–Crippen LogP) is 3.33. The van der Waals surface area contributed by atoms with Crippen LogP contribution >= 0.6 is 0 Å². The van der Waals surface area contributed by atoms with Gasteiger partial charge < -0.3 is 10.8 Å². The van der Waals surface area contributed by atoms with E-state index in [0.29, 0.717) is 6.54 Å². The number of aliphatic hydroxyl groups excluding tert-OH is 1. The molecule has 0 aliphatic heterocycles. The largest absolute Gasteiger partial charge is 0.392 e. The van der Waals surface area contributed by atoms with Crippen molar-refractivity contribution in [2.24, 2.45) is 22.5 Å². The van der Waals surface area contributed by atoms with E-state index in [1.165, 1.54) is 19.3 Å². The Morgan fingerprint density at radius 3 is 2.47 bits per heavy atom. The van der Waals surface area contributed by atoms with Crippen molar-refractivity contribution in [2.75, 3.05) is 6.54 Å². The first-order chi connectivity index (χ1) is 7.84. The smallest absolute Gasteiger partial charge is 0.0659 e. The maximum atomic E-state index is 10.6. The van der Waals surface area contributed by atoms with Crippen LogP contribution in [0.5, 0.6) is 0 Å². The average Bonchev–Trinajstić information content (AvgIpc) is 2.24. The van der Waals surface area contributed by atoms with E-state index < -0.39 is 0 Å². The molecule has 1 rings (SSSR count). The predicted molar refractivity (Wildman–Crippen MR) is 73.8 cm³/mol. The summed E-state index contributed by atoms with van der Waals surface area (Å²) in [6.45, 7) is 9.52. The molecule has 0 bridgehead atoms. The molecule has 1 saturated carbocycles. The highest BCUT2D eigenvalue weighted by Gasteiger charge is 2.47. The van der Waals surface area contributed by atoms with Crippen LogP contribution in [0.15, 0.2) is 0 Å². The monoisotopic (exact) mass is 241 g/mol. The summed E-state index contributed by atoms with van der Waals surface area (Å²) in [5.74, 6) is 0.749. The Bertz CT molecular complexity index is 237. The van der Waals surface area contributed by atoms with Gasteiger partial charge in [0, 0.05) is 12.0 Å². The molecule has 1 aliphatic carbocycles. The van der Waals surface area contributed by atoms with Gasteiger partial charge in [-0.25, -0.2) is 0 Å². The molecule has 1 aliphatic rings. The fourth-order valence-corrected chi connectivity index (χ4v) is 3.44. The first-order valence-corrected chi connectivity index (χ1v) is 7.22. The quantitative estimate of drug-likeness (QED) is 0.775. The lowest BCUT2D eigenvalue weighted by Gasteiger charge is -2.49. The van der Waals surface area contributed by atoms with Gasteiger partial charge in [-0.3, -0.25) is 0 Å². The van der Waals surface area contributed by atoms with Gasteiger partial charge in [0.2, 0.25) is 0 Å². The molecule has 0 radical (unpaired) electrons. The number of hydrogen-bond donors (Lipinski definition) is 2. The van der Waals surface area contributed by atoms with E-state index in [4.69, 9.17) is 5.73 Å². The minimum atomic E-state index is -0.235. The van der Waals surface area contributed by atoms with Gasteiger partial charge in [-0.05, 0) is 30.6 Å². The normalized spacial score (nSPS) is 33.0. The summed E-state index contributed by atoms with van der Waals surface area (Å²) in [5.41, 5.74) is 6.03. The van der Waals surface area contributed by atoms with Crippen LogP contribution < -0.4 is 5.73 Å². The zero-order valence-corrected chi connectivity index (χ0v) is 12.1. The third-order valence-electron chi connectivity index (χ3n) is 4.68. The molecule has 17 heavy (non-hydrogen) atoms. The highest BCUT2D eigenvalue weighted by Crippen LogP contribution is 2.48. The second-order valence-electron chi connectivity index (χ2n) is 7.10. The second kappa shape index (κ2) is 5.71. The van der Waals surface area contributed by atoms with E-state index in [-0.39, 0.29) is 16.9 Å². The lowest BCUT2D eigenvalue weighted by molar-refractivity contribution is -0.0935. The molecule has 0 aromatic heterocycles. The van der Waals surface area contributed by atoms with Gasteiger partial charge in [-0.15, -0.1) is 0 Å². The summed E-state index contributed by atoms with van der Waals surface area (Å²) in [6.07, 6.45) is 6.74. The van der Waals surface area contributed by atoms with E-state index in [9.17, 15) is 5.11 Å². The topological polar surface area (TPSA) is 46.2 Å². The minimum absolute atomic E-state index is 0.0172. The fraction of sp³-hybridized carbons (Fsp3) is 1.00. The molecule has 0 heterocycles. The molecule has 0 amide bonds. The van der Waals surface area contributed by atoms with Crippen LogP contribution in [0.3, 0.4) is 0 Å². The van der Waals surface area contributed by atoms with Crippen molar-refractivity contribution in [1.82, 2.24) is 0 Å². The van der Waals surface area contributed by atoms with Crippen LogP contribution in [-0.4, -0.2) is 17.8 Å². The standard InChI is InChI=1S/C15H31NO/c1-12(2)7-5-9-15(11-16)10-6-8-14(3,4)13(15)17/h12-13,17H,5-11,16H2,1-4H3. The van der Waals surface area contributed by atoms with Crippen molar-refractivity contribution in [2.45, 2.75) is 72.3 Å². The molecule has 1 fully saturated rings. The Morgan fingerprint density at radius 1 is 1.29 bits per heavy atom. The zero-order valence-electron chi connectivity index (χ0n) is 12.1. The minimum Gasteiger partial charge on any atom is -0.392 e. The van der Waals surface area contributed by atoms with Crippen molar-refractivity contribution in [1.29, 1.82) is 0 Å². The number of nitrogens with two attached hydrogens (primary N) is 1. The molecule has 0 aromatic carbocycles. The second-order valence-corrected chi connectivity index (χ2v) is 7.10. The molecule has 0 saturated heterocycles. The summed E-state index contributed by atoms with van der Waals surface area (Å²) < 4.78 is 0. The van der Waals surface area contributed by atoms with E-state index in [1.54, 1.807) is 0 Å². The molecule has 0 spiro atoms. The highest BCUT2D eigenvalue weighted by molar-refractivity contribution is 4.98. The average molecular weight is 241 g/mol. The van der Waals surface area contributed by atoms with Gasteiger partial charge in [0.25, 0.3) is 0 Å². The van der Waals surface area contributed by atoms with Gasteiger partial charge in [0.15, 0.2) is 0 Å². The van der Waals surface area contributed by atoms with Crippen molar-refractivity contribution in [3.8, 4) is 0 Å². The van der Waals surface area contributed by atoms with Crippen molar-refractivity contribution in [3.05, 3.63) is 0 Å². The van der Waals surface area contributed by atoms with E-state index in [2.05, 4.69) is 27.7 Å². The fourth-order valence-electron chi connectivity index (χ4n) is 3.44. The maximum Gasteiger partial charge on any atom is 0.0659 e. The van der Waals surface area contributed by atoms with Crippen LogP contribution in [0, 0.1) is 16.7 Å². The lowest BCUT2D eigenvalue weighted by Crippen LogP contribution is -2.52. The molecular formula is C15H31NO. The molecule has 2 unspecified atom stereocenters. The Morgan fingerprint density at radius 2 is 1.94 bits per heavy atom. The molecule has 2 heteroatoms. The van der Waals surface area contributed by atoms with Crippen LogP contribution in [0.25, 0.3) is 0 Å². The van der Waals surface area contributed by atoms with Gasteiger partial charge in [-0.2, -0.15) is 0 Å². The summed E-state index contributed by atoms with van der Waals surface area (Å²) in [5, 5.41) is 10.6. The first kappa shape index (κ1) is 15.0. The molecule has 2 atom stereocenters. The highest BCUT2D eigenvalue weighted by atomic mass is 16.3. The molecule has 102 valence electrons. The Balaban J connectivity index is 2.66. The maximum absolute atomic E-state index is 10.6. The number of rotatable bonds is 5. The molecular weight excluding hydrogens is 210 g/mol. The van der Waals surface area contributed by atoms with Crippen molar-refractivity contribution >= 4 is 0 Å². The third kappa shape index (κ3) is 3.45. The first-order valence-electron chi connectivity index (χ1n) is 7.22. The Labute approximate surface area is 107 Å². The van der Waals surface area contributed by atoms with Gasteiger partial charge in [-0.1, -0.05) is 47.0 Å². The molecule has 3 N–H and O–H groups in total. The van der Waals surface area contributed by atoms with Crippen LogP contribution in [0.1, 0.15) is 66.2 Å². The van der Waals surface area contributed by atoms with E-state index in [1.807, 2.05) is 0 Å². The molecule has 0 aromatic rings. The van der Waals surface area contributed by atoms with E-state index >= 15 is 0 Å².